The van der Waals surface area contributed by atoms with E-state index in [1.807, 2.05) is 19.1 Å². The number of ketones is 1. The average molecular weight is 409 g/mol. The molecular formula is C24H18Cl2O2. The Balaban J connectivity index is 1.80. The van der Waals surface area contributed by atoms with Crippen LogP contribution < -0.4 is 0 Å². The van der Waals surface area contributed by atoms with Gasteiger partial charge in [0.15, 0.2) is 5.76 Å². The number of carbonyl (C=O) groups excluding carboxylic acids is 1. The second-order valence-electron chi connectivity index (χ2n) is 7.02. The number of hydrogen-bond acceptors (Lipinski definition) is 2. The summed E-state index contributed by atoms with van der Waals surface area (Å²) in [6, 6.07) is 17.2. The number of rotatable bonds is 3. The van der Waals surface area contributed by atoms with Crippen molar-refractivity contribution in [3.63, 3.8) is 0 Å². The number of hydrogen-bond donors (Lipinski definition) is 0. The van der Waals surface area contributed by atoms with Crippen LogP contribution in [-0.2, 0) is 0 Å². The predicted molar refractivity (Wildman–Crippen MR) is 116 cm³/mol. The molecule has 28 heavy (non-hydrogen) atoms. The fourth-order valence-electron chi connectivity index (χ4n) is 3.34. The Morgan fingerprint density at radius 1 is 0.821 bits per heavy atom. The molecule has 140 valence electrons. The summed E-state index contributed by atoms with van der Waals surface area (Å²) >= 11 is 12.2. The molecule has 0 radical (unpaired) electrons. The maximum absolute atomic E-state index is 13.0. The zero-order valence-corrected chi connectivity index (χ0v) is 17.3. The number of halogens is 2. The van der Waals surface area contributed by atoms with Gasteiger partial charge in [-0.15, -0.1) is 0 Å². The monoisotopic (exact) mass is 408 g/mol. The van der Waals surface area contributed by atoms with E-state index < -0.39 is 0 Å². The minimum absolute atomic E-state index is 0.247. The van der Waals surface area contributed by atoms with Crippen molar-refractivity contribution < 1.29 is 9.21 Å². The van der Waals surface area contributed by atoms with E-state index in [-0.39, 0.29) is 5.78 Å². The summed E-state index contributed by atoms with van der Waals surface area (Å²) in [7, 11) is 0. The molecule has 4 rings (SSSR count). The van der Waals surface area contributed by atoms with Gasteiger partial charge in [0.2, 0.25) is 5.78 Å². The Kier molecular flexibility index (Phi) is 4.78. The summed E-state index contributed by atoms with van der Waals surface area (Å²) in [6.45, 7) is 6.08. The molecule has 0 amide bonds. The SMILES string of the molecule is Cc1ccc(-c2ccc3c(C)c(C(=O)c4ccc(Cl)cc4Cl)oc3c2)cc1C. The largest absolute Gasteiger partial charge is 0.452 e. The molecule has 1 heterocycles. The van der Waals surface area contributed by atoms with Crippen molar-refractivity contribution in [1.29, 1.82) is 0 Å². The molecule has 0 saturated carbocycles. The van der Waals surface area contributed by atoms with Gasteiger partial charge in [-0.1, -0.05) is 53.5 Å². The van der Waals surface area contributed by atoms with E-state index in [1.54, 1.807) is 18.2 Å². The third kappa shape index (κ3) is 3.23. The van der Waals surface area contributed by atoms with Crippen LogP contribution in [0.1, 0.15) is 32.8 Å². The summed E-state index contributed by atoms with van der Waals surface area (Å²) in [5.74, 6) is 0.0551. The third-order valence-corrected chi connectivity index (χ3v) is 5.71. The molecule has 4 aromatic rings. The van der Waals surface area contributed by atoms with Gasteiger partial charge < -0.3 is 4.42 Å². The van der Waals surface area contributed by atoms with Crippen molar-refractivity contribution in [3.8, 4) is 11.1 Å². The molecule has 0 aliphatic heterocycles. The zero-order valence-electron chi connectivity index (χ0n) is 15.8. The van der Waals surface area contributed by atoms with E-state index in [1.165, 1.54) is 11.1 Å². The van der Waals surface area contributed by atoms with Crippen LogP contribution in [0, 0.1) is 20.8 Å². The smallest absolute Gasteiger partial charge is 0.229 e. The van der Waals surface area contributed by atoms with Gasteiger partial charge in [0, 0.05) is 21.5 Å². The molecule has 3 aromatic carbocycles. The van der Waals surface area contributed by atoms with Crippen molar-refractivity contribution in [2.75, 3.05) is 0 Å². The molecule has 0 N–H and O–H groups in total. The van der Waals surface area contributed by atoms with Crippen LogP contribution in [0.5, 0.6) is 0 Å². The quantitative estimate of drug-likeness (QED) is 0.327. The Hall–Kier alpha value is -2.55. The van der Waals surface area contributed by atoms with E-state index in [2.05, 4.69) is 38.1 Å². The second kappa shape index (κ2) is 7.12. The molecule has 0 saturated heterocycles. The summed E-state index contributed by atoms with van der Waals surface area (Å²) in [5.41, 5.74) is 6.52. The normalized spacial score (nSPS) is 11.2. The molecule has 0 aliphatic carbocycles. The topological polar surface area (TPSA) is 30.2 Å². The van der Waals surface area contributed by atoms with Gasteiger partial charge in [0.05, 0.1) is 5.02 Å². The molecule has 0 fully saturated rings. The third-order valence-electron chi connectivity index (χ3n) is 5.16. The average Bonchev–Trinajstić information content (AvgIpc) is 2.99. The minimum atomic E-state index is -0.247. The number of fused-ring (bicyclic) bond motifs is 1. The number of aryl methyl sites for hydroxylation is 3. The predicted octanol–water partition coefficient (Wildman–Crippen LogP) is 7.56. The van der Waals surface area contributed by atoms with Gasteiger partial charge in [-0.3, -0.25) is 4.79 Å². The molecule has 1 aromatic heterocycles. The molecular weight excluding hydrogens is 391 g/mol. The standard InChI is InChI=1S/C24H18Cl2O2/c1-13-4-5-16(10-14(13)2)17-6-8-19-15(3)24(28-22(19)11-17)23(27)20-9-7-18(25)12-21(20)26/h4-12H,1-3H3. The first kappa shape index (κ1) is 18.8. The van der Waals surface area contributed by atoms with E-state index >= 15 is 0 Å². The van der Waals surface area contributed by atoms with Crippen molar-refractivity contribution >= 4 is 40.0 Å². The van der Waals surface area contributed by atoms with Gasteiger partial charge in [0.1, 0.15) is 5.58 Å². The molecule has 0 unspecified atom stereocenters. The van der Waals surface area contributed by atoms with Gasteiger partial charge >= 0.3 is 0 Å². The molecule has 0 bridgehead atoms. The van der Waals surface area contributed by atoms with Crippen LogP contribution >= 0.6 is 23.2 Å². The maximum Gasteiger partial charge on any atom is 0.229 e. The highest BCUT2D eigenvalue weighted by molar-refractivity contribution is 6.37. The van der Waals surface area contributed by atoms with Gasteiger partial charge in [-0.05, 0) is 67.3 Å². The number of benzene rings is 3. The Morgan fingerprint density at radius 3 is 2.25 bits per heavy atom. The van der Waals surface area contributed by atoms with Gasteiger partial charge in [-0.25, -0.2) is 0 Å². The highest BCUT2D eigenvalue weighted by Crippen LogP contribution is 2.33. The van der Waals surface area contributed by atoms with E-state index in [0.29, 0.717) is 27.0 Å². The minimum Gasteiger partial charge on any atom is -0.452 e. The lowest BCUT2D eigenvalue weighted by Crippen LogP contribution is -2.02. The number of carbonyl (C=O) groups is 1. The van der Waals surface area contributed by atoms with Crippen LogP contribution in [0.3, 0.4) is 0 Å². The summed E-state index contributed by atoms with van der Waals surface area (Å²) < 4.78 is 5.98. The Labute approximate surface area is 173 Å². The van der Waals surface area contributed by atoms with Crippen molar-refractivity contribution in [1.82, 2.24) is 0 Å². The van der Waals surface area contributed by atoms with Gasteiger partial charge in [0.25, 0.3) is 0 Å². The molecule has 0 atom stereocenters. The first-order valence-corrected chi connectivity index (χ1v) is 9.71. The highest BCUT2D eigenvalue weighted by atomic mass is 35.5. The van der Waals surface area contributed by atoms with Crippen molar-refractivity contribution in [2.45, 2.75) is 20.8 Å². The lowest BCUT2D eigenvalue weighted by atomic mass is 9.99. The highest BCUT2D eigenvalue weighted by Gasteiger charge is 2.21. The molecule has 4 heteroatoms. The van der Waals surface area contributed by atoms with E-state index in [0.717, 1.165) is 22.1 Å². The summed E-state index contributed by atoms with van der Waals surface area (Å²) in [6.07, 6.45) is 0. The molecule has 0 aliphatic rings. The van der Waals surface area contributed by atoms with Crippen LogP contribution in [0.15, 0.2) is 59.0 Å². The van der Waals surface area contributed by atoms with Crippen LogP contribution in [0.25, 0.3) is 22.1 Å². The van der Waals surface area contributed by atoms with E-state index in [9.17, 15) is 4.79 Å². The second-order valence-corrected chi connectivity index (χ2v) is 7.86. The fraction of sp³-hybridized carbons (Fsp3) is 0.125. The summed E-state index contributed by atoms with van der Waals surface area (Å²) in [4.78, 5) is 13.0. The molecule has 0 spiro atoms. The van der Waals surface area contributed by atoms with Crippen molar-refractivity contribution in [2.24, 2.45) is 0 Å². The van der Waals surface area contributed by atoms with Gasteiger partial charge in [-0.2, -0.15) is 0 Å². The maximum atomic E-state index is 13.0. The van der Waals surface area contributed by atoms with Crippen molar-refractivity contribution in [3.05, 3.63) is 92.7 Å². The first-order valence-electron chi connectivity index (χ1n) is 8.95. The zero-order chi connectivity index (χ0) is 20.0. The number of furan rings is 1. The van der Waals surface area contributed by atoms with Crippen LogP contribution in [0.2, 0.25) is 10.0 Å². The van der Waals surface area contributed by atoms with Crippen LogP contribution in [-0.4, -0.2) is 5.78 Å². The first-order chi connectivity index (χ1) is 13.3. The fourth-order valence-corrected chi connectivity index (χ4v) is 3.83. The summed E-state index contributed by atoms with van der Waals surface area (Å²) in [5, 5.41) is 1.72. The Bertz CT molecular complexity index is 1240. The van der Waals surface area contributed by atoms with Crippen LogP contribution in [0.4, 0.5) is 0 Å². The van der Waals surface area contributed by atoms with E-state index in [4.69, 9.17) is 27.6 Å². The lowest BCUT2D eigenvalue weighted by Gasteiger charge is -2.05. The lowest BCUT2D eigenvalue weighted by molar-refractivity contribution is 0.101. The molecule has 2 nitrogen and oxygen atoms in total. The Morgan fingerprint density at radius 2 is 1.54 bits per heavy atom.